The highest BCUT2D eigenvalue weighted by atomic mass is 16.6. The standard InChI is InChI=1S/C21H26N2O5/c1-25-17-5-3-15(13-19(17)26-2)7-9-23-21(24)8-10-22-16-4-6-18-20(14-16)28-12-11-27-18/h3-6,13-14,22H,7-12H2,1-2H3,(H,23,24). The molecule has 3 rings (SSSR count). The molecule has 0 unspecified atom stereocenters. The van der Waals surface area contributed by atoms with Gasteiger partial charge in [0, 0.05) is 31.3 Å². The minimum atomic E-state index is 0.00511. The van der Waals surface area contributed by atoms with Crippen LogP contribution >= 0.6 is 0 Å². The zero-order chi connectivity index (χ0) is 19.8. The van der Waals surface area contributed by atoms with Gasteiger partial charge in [-0.2, -0.15) is 0 Å². The molecule has 28 heavy (non-hydrogen) atoms. The Morgan fingerprint density at radius 1 is 0.964 bits per heavy atom. The molecule has 0 bridgehead atoms. The molecule has 0 aromatic heterocycles. The van der Waals surface area contributed by atoms with Gasteiger partial charge in [-0.25, -0.2) is 0 Å². The molecule has 2 N–H and O–H groups in total. The predicted molar refractivity (Wildman–Crippen MR) is 107 cm³/mol. The predicted octanol–water partition coefficient (Wildman–Crippen LogP) is 2.64. The first kappa shape index (κ1) is 19.7. The summed E-state index contributed by atoms with van der Waals surface area (Å²) in [6, 6.07) is 11.4. The van der Waals surface area contributed by atoms with Crippen molar-refractivity contribution in [1.29, 1.82) is 0 Å². The summed E-state index contributed by atoms with van der Waals surface area (Å²) >= 11 is 0. The highest BCUT2D eigenvalue weighted by Crippen LogP contribution is 2.32. The molecule has 150 valence electrons. The number of ether oxygens (including phenoxy) is 4. The van der Waals surface area contributed by atoms with Gasteiger partial charge in [-0.3, -0.25) is 4.79 Å². The van der Waals surface area contributed by atoms with Crippen molar-refractivity contribution in [2.75, 3.05) is 45.8 Å². The van der Waals surface area contributed by atoms with E-state index in [1.165, 1.54) is 0 Å². The summed E-state index contributed by atoms with van der Waals surface area (Å²) in [7, 11) is 3.22. The Labute approximate surface area is 164 Å². The van der Waals surface area contributed by atoms with Crippen LogP contribution in [0.15, 0.2) is 36.4 Å². The molecule has 1 amide bonds. The summed E-state index contributed by atoms with van der Waals surface area (Å²) in [6.07, 6.45) is 1.11. The zero-order valence-electron chi connectivity index (χ0n) is 16.2. The average molecular weight is 386 g/mol. The molecule has 1 heterocycles. The Hall–Kier alpha value is -3.09. The van der Waals surface area contributed by atoms with E-state index in [1.807, 2.05) is 36.4 Å². The van der Waals surface area contributed by atoms with Gasteiger partial charge in [0.25, 0.3) is 0 Å². The average Bonchev–Trinajstić information content (AvgIpc) is 2.73. The van der Waals surface area contributed by atoms with Gasteiger partial charge in [0.2, 0.25) is 5.91 Å². The van der Waals surface area contributed by atoms with Crippen molar-refractivity contribution in [2.24, 2.45) is 0 Å². The van der Waals surface area contributed by atoms with Gasteiger partial charge >= 0.3 is 0 Å². The molecule has 7 heteroatoms. The van der Waals surface area contributed by atoms with Crippen LogP contribution in [0.4, 0.5) is 5.69 Å². The fourth-order valence-corrected chi connectivity index (χ4v) is 2.94. The van der Waals surface area contributed by atoms with Gasteiger partial charge in [-0.1, -0.05) is 6.07 Å². The van der Waals surface area contributed by atoms with Crippen LogP contribution < -0.4 is 29.6 Å². The minimum absolute atomic E-state index is 0.00511. The lowest BCUT2D eigenvalue weighted by molar-refractivity contribution is -0.120. The van der Waals surface area contributed by atoms with Crippen LogP contribution in [0.2, 0.25) is 0 Å². The molecule has 0 fully saturated rings. The number of amides is 1. The summed E-state index contributed by atoms with van der Waals surface area (Å²) in [5.41, 5.74) is 1.98. The Morgan fingerprint density at radius 3 is 2.54 bits per heavy atom. The van der Waals surface area contributed by atoms with Gasteiger partial charge in [-0.05, 0) is 36.2 Å². The second kappa shape index (κ2) is 9.73. The van der Waals surface area contributed by atoms with Crippen LogP contribution in [0.1, 0.15) is 12.0 Å². The molecule has 0 aliphatic carbocycles. The lowest BCUT2D eigenvalue weighted by atomic mass is 10.1. The van der Waals surface area contributed by atoms with E-state index >= 15 is 0 Å². The van der Waals surface area contributed by atoms with Gasteiger partial charge in [0.1, 0.15) is 13.2 Å². The number of benzene rings is 2. The van der Waals surface area contributed by atoms with Crippen LogP contribution in [0.25, 0.3) is 0 Å². The number of nitrogens with one attached hydrogen (secondary N) is 2. The van der Waals surface area contributed by atoms with Crippen molar-refractivity contribution in [3.63, 3.8) is 0 Å². The maximum Gasteiger partial charge on any atom is 0.221 e. The molecule has 7 nitrogen and oxygen atoms in total. The van der Waals surface area contributed by atoms with E-state index < -0.39 is 0 Å². The van der Waals surface area contributed by atoms with Gasteiger partial charge < -0.3 is 29.6 Å². The third kappa shape index (κ3) is 5.22. The first-order valence-electron chi connectivity index (χ1n) is 9.30. The van der Waals surface area contributed by atoms with Crippen LogP contribution in [0.5, 0.6) is 23.0 Å². The molecule has 0 spiro atoms. The van der Waals surface area contributed by atoms with E-state index in [2.05, 4.69) is 10.6 Å². The molecule has 0 saturated carbocycles. The van der Waals surface area contributed by atoms with Crippen molar-refractivity contribution in [3.8, 4) is 23.0 Å². The first-order valence-corrected chi connectivity index (χ1v) is 9.30. The summed E-state index contributed by atoms with van der Waals surface area (Å²) < 4.78 is 21.6. The number of fused-ring (bicyclic) bond motifs is 1. The van der Waals surface area contributed by atoms with E-state index in [1.54, 1.807) is 14.2 Å². The van der Waals surface area contributed by atoms with Crippen molar-refractivity contribution < 1.29 is 23.7 Å². The summed E-state index contributed by atoms with van der Waals surface area (Å²) in [5.74, 6) is 2.88. The smallest absolute Gasteiger partial charge is 0.221 e. The second-order valence-corrected chi connectivity index (χ2v) is 6.32. The SMILES string of the molecule is COc1ccc(CCNC(=O)CCNc2ccc3c(c2)OCCO3)cc1OC. The van der Waals surface area contributed by atoms with Gasteiger partial charge in [0.15, 0.2) is 23.0 Å². The molecule has 2 aromatic rings. The third-order valence-corrected chi connectivity index (χ3v) is 4.41. The lowest BCUT2D eigenvalue weighted by Gasteiger charge is -2.19. The van der Waals surface area contributed by atoms with E-state index in [-0.39, 0.29) is 5.91 Å². The zero-order valence-corrected chi connectivity index (χ0v) is 16.2. The molecular formula is C21H26N2O5. The Bertz CT molecular complexity index is 762. The van der Waals surface area contributed by atoms with E-state index in [0.29, 0.717) is 44.2 Å². The maximum absolute atomic E-state index is 12.0. The van der Waals surface area contributed by atoms with Gasteiger partial charge in [-0.15, -0.1) is 0 Å². The molecule has 0 radical (unpaired) electrons. The number of hydrogen-bond acceptors (Lipinski definition) is 6. The number of carbonyl (C=O) groups is 1. The number of anilines is 1. The molecule has 0 saturated heterocycles. The Kier molecular flexibility index (Phi) is 6.84. The maximum atomic E-state index is 12.0. The normalized spacial score (nSPS) is 12.2. The number of hydrogen-bond donors (Lipinski definition) is 2. The molecule has 1 aliphatic rings. The summed E-state index contributed by atoms with van der Waals surface area (Å²) in [5, 5.41) is 6.17. The number of rotatable bonds is 9. The number of methoxy groups -OCH3 is 2. The largest absolute Gasteiger partial charge is 0.493 e. The highest BCUT2D eigenvalue weighted by molar-refractivity contribution is 5.76. The van der Waals surface area contributed by atoms with Crippen molar-refractivity contribution >= 4 is 11.6 Å². The molecule has 0 atom stereocenters. The fourth-order valence-electron chi connectivity index (χ4n) is 2.94. The quantitative estimate of drug-likeness (QED) is 0.690. The summed E-state index contributed by atoms with van der Waals surface area (Å²) in [6.45, 7) is 2.24. The van der Waals surface area contributed by atoms with Crippen molar-refractivity contribution in [2.45, 2.75) is 12.8 Å². The van der Waals surface area contributed by atoms with E-state index in [0.717, 1.165) is 29.2 Å². The fraction of sp³-hybridized carbons (Fsp3) is 0.381. The minimum Gasteiger partial charge on any atom is -0.493 e. The Morgan fingerprint density at radius 2 is 1.75 bits per heavy atom. The number of carbonyl (C=O) groups excluding carboxylic acids is 1. The monoisotopic (exact) mass is 386 g/mol. The van der Waals surface area contributed by atoms with Crippen LogP contribution in [0.3, 0.4) is 0 Å². The van der Waals surface area contributed by atoms with Gasteiger partial charge in [0.05, 0.1) is 14.2 Å². The highest BCUT2D eigenvalue weighted by Gasteiger charge is 2.11. The van der Waals surface area contributed by atoms with Crippen molar-refractivity contribution in [1.82, 2.24) is 5.32 Å². The molecule has 2 aromatic carbocycles. The van der Waals surface area contributed by atoms with E-state index in [9.17, 15) is 4.79 Å². The lowest BCUT2D eigenvalue weighted by Crippen LogP contribution is -2.27. The van der Waals surface area contributed by atoms with Crippen LogP contribution in [-0.2, 0) is 11.2 Å². The summed E-state index contributed by atoms with van der Waals surface area (Å²) in [4.78, 5) is 12.0. The van der Waals surface area contributed by atoms with Crippen LogP contribution in [0, 0.1) is 0 Å². The Balaban J connectivity index is 1.38. The second-order valence-electron chi connectivity index (χ2n) is 6.32. The third-order valence-electron chi connectivity index (χ3n) is 4.41. The van der Waals surface area contributed by atoms with Crippen LogP contribution in [-0.4, -0.2) is 46.4 Å². The topological polar surface area (TPSA) is 78.1 Å². The van der Waals surface area contributed by atoms with Crippen molar-refractivity contribution in [3.05, 3.63) is 42.0 Å². The molecular weight excluding hydrogens is 360 g/mol. The first-order chi connectivity index (χ1) is 13.7. The molecule has 1 aliphatic heterocycles. The van der Waals surface area contributed by atoms with E-state index in [4.69, 9.17) is 18.9 Å².